The molecule has 1 unspecified atom stereocenters. The van der Waals surface area contributed by atoms with Gasteiger partial charge in [0, 0.05) is 17.5 Å². The molecule has 1 amide bonds. The summed E-state index contributed by atoms with van der Waals surface area (Å²) in [5.41, 5.74) is -0.0789. The fraction of sp³-hybridized carbons (Fsp3) is 0.235. The van der Waals surface area contributed by atoms with Gasteiger partial charge in [-0.15, -0.1) is 0 Å². The number of benzene rings is 2. The van der Waals surface area contributed by atoms with Gasteiger partial charge in [-0.1, -0.05) is 41.4 Å². The molecular weight excluding hydrogens is 337 g/mol. The highest BCUT2D eigenvalue weighted by Crippen LogP contribution is 2.36. The van der Waals surface area contributed by atoms with Crippen molar-refractivity contribution >= 4 is 29.1 Å². The van der Waals surface area contributed by atoms with Crippen LogP contribution in [0.25, 0.3) is 0 Å². The van der Waals surface area contributed by atoms with Crippen molar-refractivity contribution in [1.29, 1.82) is 0 Å². The summed E-state index contributed by atoms with van der Waals surface area (Å²) in [5.74, 6) is 0.325. The summed E-state index contributed by atoms with van der Waals surface area (Å²) in [6, 6.07) is 11.9. The Labute approximate surface area is 144 Å². The van der Waals surface area contributed by atoms with Crippen molar-refractivity contribution in [3.8, 4) is 5.75 Å². The number of aliphatic hydroxyl groups is 1. The number of carbonyl (C=O) groups is 1. The number of nitrogens with one attached hydrogen (secondary N) is 1. The van der Waals surface area contributed by atoms with E-state index in [1.165, 1.54) is 6.07 Å². The Balaban J connectivity index is 1.75. The second-order valence-corrected chi connectivity index (χ2v) is 6.25. The van der Waals surface area contributed by atoms with Crippen molar-refractivity contribution in [2.24, 2.45) is 0 Å². The van der Waals surface area contributed by atoms with Gasteiger partial charge in [-0.3, -0.25) is 4.79 Å². The number of halogens is 2. The van der Waals surface area contributed by atoms with E-state index in [0.717, 1.165) is 0 Å². The summed E-state index contributed by atoms with van der Waals surface area (Å²) in [5, 5.41) is 14.3. The molecule has 0 saturated heterocycles. The van der Waals surface area contributed by atoms with Crippen LogP contribution in [-0.2, 0) is 5.60 Å². The highest BCUT2D eigenvalue weighted by molar-refractivity contribution is 6.42. The van der Waals surface area contributed by atoms with Gasteiger partial charge in [0.25, 0.3) is 5.91 Å². The predicted molar refractivity (Wildman–Crippen MR) is 89.2 cm³/mol. The Bertz CT molecular complexity index is 750. The van der Waals surface area contributed by atoms with Crippen molar-refractivity contribution in [1.82, 2.24) is 5.32 Å². The van der Waals surface area contributed by atoms with Gasteiger partial charge in [-0.2, -0.15) is 0 Å². The summed E-state index contributed by atoms with van der Waals surface area (Å²) in [4.78, 5) is 12.2. The molecule has 120 valence electrons. The molecule has 6 heteroatoms. The smallest absolute Gasteiger partial charge is 0.251 e. The van der Waals surface area contributed by atoms with Crippen LogP contribution in [-0.4, -0.2) is 24.2 Å². The first-order valence-corrected chi connectivity index (χ1v) is 7.93. The van der Waals surface area contributed by atoms with Crippen LogP contribution in [0.2, 0.25) is 10.0 Å². The topological polar surface area (TPSA) is 58.6 Å². The van der Waals surface area contributed by atoms with Gasteiger partial charge in [0.05, 0.1) is 23.2 Å². The minimum absolute atomic E-state index is 0.0897. The van der Waals surface area contributed by atoms with Crippen molar-refractivity contribution in [3.05, 3.63) is 63.6 Å². The molecule has 3 rings (SSSR count). The number of hydrogen-bond donors (Lipinski definition) is 2. The maximum absolute atomic E-state index is 12.2. The Hall–Kier alpha value is -1.75. The Morgan fingerprint density at radius 2 is 2.00 bits per heavy atom. The first-order valence-electron chi connectivity index (χ1n) is 7.17. The van der Waals surface area contributed by atoms with Crippen LogP contribution >= 0.6 is 23.2 Å². The number of ether oxygens (including phenoxy) is 1. The van der Waals surface area contributed by atoms with E-state index in [9.17, 15) is 9.90 Å². The van der Waals surface area contributed by atoms with Gasteiger partial charge in [0.15, 0.2) is 0 Å². The van der Waals surface area contributed by atoms with Gasteiger partial charge in [-0.05, 0) is 24.3 Å². The summed E-state index contributed by atoms with van der Waals surface area (Å²) < 4.78 is 5.53. The molecular formula is C17H15Cl2NO3. The van der Waals surface area contributed by atoms with Gasteiger partial charge < -0.3 is 15.2 Å². The lowest BCUT2D eigenvalue weighted by atomic mass is 9.88. The molecule has 0 radical (unpaired) electrons. The normalized spacial score (nSPS) is 19.6. The van der Waals surface area contributed by atoms with E-state index in [0.29, 0.717) is 39.9 Å². The lowest BCUT2D eigenvalue weighted by Gasteiger charge is -2.34. The van der Waals surface area contributed by atoms with Gasteiger partial charge >= 0.3 is 0 Å². The minimum Gasteiger partial charge on any atom is -0.493 e. The molecule has 0 saturated carbocycles. The fourth-order valence-electron chi connectivity index (χ4n) is 2.59. The van der Waals surface area contributed by atoms with Crippen LogP contribution in [0.3, 0.4) is 0 Å². The number of fused-ring (bicyclic) bond motifs is 1. The molecule has 4 nitrogen and oxygen atoms in total. The summed E-state index contributed by atoms with van der Waals surface area (Å²) in [6.07, 6.45) is 0.408. The molecule has 0 bridgehead atoms. The lowest BCUT2D eigenvalue weighted by Crippen LogP contribution is -2.43. The molecule has 1 aliphatic heterocycles. The highest BCUT2D eigenvalue weighted by atomic mass is 35.5. The van der Waals surface area contributed by atoms with E-state index in [1.807, 2.05) is 12.1 Å². The maximum atomic E-state index is 12.2. The highest BCUT2D eigenvalue weighted by Gasteiger charge is 2.35. The third kappa shape index (κ3) is 3.29. The zero-order valence-electron chi connectivity index (χ0n) is 12.2. The number of rotatable bonds is 3. The first kappa shape index (κ1) is 16.1. The Morgan fingerprint density at radius 3 is 2.78 bits per heavy atom. The zero-order valence-corrected chi connectivity index (χ0v) is 13.7. The molecule has 0 fully saturated rings. The van der Waals surface area contributed by atoms with E-state index >= 15 is 0 Å². The third-order valence-electron chi connectivity index (χ3n) is 3.88. The first-order chi connectivity index (χ1) is 11.0. The number of amides is 1. The fourth-order valence-corrected chi connectivity index (χ4v) is 2.89. The van der Waals surface area contributed by atoms with E-state index < -0.39 is 5.60 Å². The summed E-state index contributed by atoms with van der Waals surface area (Å²) >= 11 is 11.8. The van der Waals surface area contributed by atoms with Crippen LogP contribution in [0, 0.1) is 0 Å². The second kappa shape index (κ2) is 6.40. The van der Waals surface area contributed by atoms with Crippen LogP contribution in [0.5, 0.6) is 5.75 Å². The van der Waals surface area contributed by atoms with E-state index in [1.54, 1.807) is 24.3 Å². The van der Waals surface area contributed by atoms with Gasteiger partial charge in [0.1, 0.15) is 11.4 Å². The second-order valence-electron chi connectivity index (χ2n) is 5.44. The van der Waals surface area contributed by atoms with Gasteiger partial charge in [0.2, 0.25) is 0 Å². The summed E-state index contributed by atoms with van der Waals surface area (Å²) in [6.45, 7) is 0.489. The van der Waals surface area contributed by atoms with Crippen LogP contribution in [0.1, 0.15) is 22.3 Å². The maximum Gasteiger partial charge on any atom is 0.251 e. The molecule has 0 spiro atoms. The minimum atomic E-state index is -1.15. The molecule has 1 aliphatic rings. The van der Waals surface area contributed by atoms with Crippen molar-refractivity contribution in [2.75, 3.05) is 13.2 Å². The Kier molecular flexibility index (Phi) is 4.48. The average molecular weight is 352 g/mol. The van der Waals surface area contributed by atoms with Crippen molar-refractivity contribution in [3.63, 3.8) is 0 Å². The standard InChI is InChI=1S/C17H15Cl2NO3/c18-13-6-5-11(9-14(13)19)16(21)20-10-17(22)7-8-23-15-4-2-1-3-12(15)17/h1-6,9,22H,7-8,10H2,(H,20,21). The van der Waals surface area contributed by atoms with E-state index in [2.05, 4.69) is 5.32 Å². The molecule has 0 aliphatic carbocycles. The van der Waals surface area contributed by atoms with Crippen LogP contribution < -0.4 is 10.1 Å². The summed E-state index contributed by atoms with van der Waals surface area (Å²) in [7, 11) is 0. The third-order valence-corrected chi connectivity index (χ3v) is 4.62. The van der Waals surface area contributed by atoms with Gasteiger partial charge in [-0.25, -0.2) is 0 Å². The monoisotopic (exact) mass is 351 g/mol. The molecule has 1 atom stereocenters. The number of carbonyl (C=O) groups excluding carboxylic acids is 1. The predicted octanol–water partition coefficient (Wildman–Crippen LogP) is 3.39. The van der Waals surface area contributed by atoms with E-state index in [-0.39, 0.29) is 12.5 Å². The Morgan fingerprint density at radius 1 is 1.22 bits per heavy atom. The molecule has 0 aromatic heterocycles. The zero-order chi connectivity index (χ0) is 16.4. The molecule has 23 heavy (non-hydrogen) atoms. The lowest BCUT2D eigenvalue weighted by molar-refractivity contribution is -0.00160. The molecule has 2 aromatic carbocycles. The van der Waals surface area contributed by atoms with Crippen molar-refractivity contribution in [2.45, 2.75) is 12.0 Å². The molecule has 1 heterocycles. The van der Waals surface area contributed by atoms with Crippen LogP contribution in [0.15, 0.2) is 42.5 Å². The average Bonchev–Trinajstić information content (AvgIpc) is 2.56. The molecule has 2 aromatic rings. The van der Waals surface area contributed by atoms with E-state index in [4.69, 9.17) is 27.9 Å². The molecule has 2 N–H and O–H groups in total. The van der Waals surface area contributed by atoms with Crippen LogP contribution in [0.4, 0.5) is 0 Å². The largest absolute Gasteiger partial charge is 0.493 e. The van der Waals surface area contributed by atoms with Crippen molar-refractivity contribution < 1.29 is 14.6 Å². The SMILES string of the molecule is O=C(NCC1(O)CCOc2ccccc21)c1ccc(Cl)c(Cl)c1. The number of para-hydroxylation sites is 1. The quantitative estimate of drug-likeness (QED) is 0.890. The number of hydrogen-bond acceptors (Lipinski definition) is 3.